The summed E-state index contributed by atoms with van der Waals surface area (Å²) >= 11 is 1.11. The minimum absolute atomic E-state index is 0.0219. The molecular formula is C23H21N3O5S. The highest BCUT2D eigenvalue weighted by Gasteiger charge is 2.29. The third-order valence-corrected chi connectivity index (χ3v) is 5.90. The Balaban J connectivity index is 1.32. The third-order valence-electron chi connectivity index (χ3n) is 5.14. The van der Waals surface area contributed by atoms with Crippen molar-refractivity contribution in [1.82, 2.24) is 10.3 Å². The van der Waals surface area contributed by atoms with Crippen molar-refractivity contribution in [3.05, 3.63) is 70.7 Å². The third kappa shape index (κ3) is 4.78. The number of benzene rings is 2. The molecule has 9 heteroatoms. The topological polar surface area (TPSA) is 118 Å². The molecule has 1 aliphatic carbocycles. The van der Waals surface area contributed by atoms with E-state index in [9.17, 15) is 14.4 Å². The first-order chi connectivity index (χ1) is 15.5. The highest BCUT2D eigenvalue weighted by Crippen LogP contribution is 2.44. The molecule has 0 saturated carbocycles. The second kappa shape index (κ2) is 9.61. The number of thiazole rings is 1. The molecule has 0 spiro atoms. The van der Waals surface area contributed by atoms with Gasteiger partial charge in [0.25, 0.3) is 5.91 Å². The number of hydrogen-bond donors (Lipinski definition) is 3. The van der Waals surface area contributed by atoms with Crippen LogP contribution in [0.1, 0.15) is 40.4 Å². The summed E-state index contributed by atoms with van der Waals surface area (Å²) in [6, 6.07) is 16.2. The normalized spacial score (nSPS) is 12.0. The maximum atomic E-state index is 12.3. The Morgan fingerprint density at radius 2 is 1.69 bits per heavy atom. The van der Waals surface area contributed by atoms with Crippen molar-refractivity contribution in [2.45, 2.75) is 18.8 Å². The first-order valence-corrected chi connectivity index (χ1v) is 11.0. The largest absolute Gasteiger partial charge is 0.481 e. The van der Waals surface area contributed by atoms with E-state index in [0.717, 1.165) is 33.6 Å². The van der Waals surface area contributed by atoms with Crippen LogP contribution in [0.2, 0.25) is 0 Å². The van der Waals surface area contributed by atoms with Gasteiger partial charge in [0.1, 0.15) is 12.3 Å². The molecule has 0 fully saturated rings. The average molecular weight is 452 g/mol. The van der Waals surface area contributed by atoms with Crippen LogP contribution < -0.4 is 10.6 Å². The number of nitrogens with zero attached hydrogens (tertiary/aromatic N) is 1. The summed E-state index contributed by atoms with van der Waals surface area (Å²) in [5, 5.41) is 15.5. The van der Waals surface area contributed by atoms with Crippen LogP contribution in [0.15, 0.2) is 53.9 Å². The van der Waals surface area contributed by atoms with Crippen LogP contribution in [-0.4, -0.2) is 41.2 Å². The number of nitrogens with one attached hydrogen (secondary N) is 2. The monoisotopic (exact) mass is 451 g/mol. The lowest BCUT2D eigenvalue weighted by Gasteiger charge is -2.14. The van der Waals surface area contributed by atoms with E-state index in [4.69, 9.17) is 9.84 Å². The van der Waals surface area contributed by atoms with E-state index in [1.807, 2.05) is 36.4 Å². The molecule has 1 aromatic heterocycles. The quantitative estimate of drug-likeness (QED) is 0.444. The standard InChI is InChI=1S/C23H21N3O5S/c27-20(28)10-5-11-24-21(29)19-13-32-22(25-19)26-23(30)31-12-18-16-8-3-1-6-14(16)15-7-2-4-9-17(15)18/h1-4,6-9,13,18H,5,10-12H2,(H,24,29)(H,27,28)(H,25,26,30). The number of hydrogen-bond acceptors (Lipinski definition) is 6. The fourth-order valence-electron chi connectivity index (χ4n) is 3.69. The Kier molecular flexibility index (Phi) is 6.46. The number of rotatable bonds is 8. The first-order valence-electron chi connectivity index (χ1n) is 10.1. The van der Waals surface area contributed by atoms with Gasteiger partial charge in [-0.1, -0.05) is 48.5 Å². The average Bonchev–Trinajstić information content (AvgIpc) is 3.38. The number of amides is 2. The van der Waals surface area contributed by atoms with Crippen molar-refractivity contribution in [2.75, 3.05) is 18.5 Å². The maximum Gasteiger partial charge on any atom is 0.413 e. The second-order valence-corrected chi connectivity index (χ2v) is 8.10. The van der Waals surface area contributed by atoms with Crippen LogP contribution in [0, 0.1) is 0 Å². The van der Waals surface area contributed by atoms with Crippen LogP contribution in [0.3, 0.4) is 0 Å². The van der Waals surface area contributed by atoms with Crippen LogP contribution in [0.4, 0.5) is 9.93 Å². The van der Waals surface area contributed by atoms with Gasteiger partial charge in [-0.3, -0.25) is 14.9 Å². The molecule has 32 heavy (non-hydrogen) atoms. The Bertz CT molecular complexity index is 1110. The molecule has 0 unspecified atom stereocenters. The number of carboxylic acids is 1. The molecule has 8 nitrogen and oxygen atoms in total. The summed E-state index contributed by atoms with van der Waals surface area (Å²) in [6.07, 6.45) is -0.336. The van der Waals surface area contributed by atoms with Crippen LogP contribution in [0.25, 0.3) is 11.1 Å². The van der Waals surface area contributed by atoms with Crippen molar-refractivity contribution >= 4 is 34.4 Å². The van der Waals surface area contributed by atoms with Gasteiger partial charge in [0.15, 0.2) is 5.13 Å². The minimum Gasteiger partial charge on any atom is -0.481 e. The zero-order chi connectivity index (χ0) is 22.5. The van der Waals surface area contributed by atoms with E-state index in [0.29, 0.717) is 6.42 Å². The summed E-state index contributed by atoms with van der Waals surface area (Å²) < 4.78 is 5.48. The van der Waals surface area contributed by atoms with Gasteiger partial charge in [-0.05, 0) is 28.7 Å². The van der Waals surface area contributed by atoms with Gasteiger partial charge in [0, 0.05) is 24.3 Å². The van der Waals surface area contributed by atoms with Crippen molar-refractivity contribution in [1.29, 1.82) is 0 Å². The predicted octanol–water partition coefficient (Wildman–Crippen LogP) is 4.10. The summed E-state index contributed by atoms with van der Waals surface area (Å²) in [7, 11) is 0. The molecular weight excluding hydrogens is 430 g/mol. The molecule has 3 N–H and O–H groups in total. The summed E-state index contributed by atoms with van der Waals surface area (Å²) in [5.74, 6) is -1.38. The van der Waals surface area contributed by atoms with Crippen molar-refractivity contribution in [3.63, 3.8) is 0 Å². The number of anilines is 1. The molecule has 0 atom stereocenters. The van der Waals surface area contributed by atoms with Crippen molar-refractivity contribution < 1.29 is 24.2 Å². The van der Waals surface area contributed by atoms with Crippen LogP contribution >= 0.6 is 11.3 Å². The van der Waals surface area contributed by atoms with E-state index < -0.39 is 18.0 Å². The molecule has 0 bridgehead atoms. The number of carbonyl (C=O) groups excluding carboxylic acids is 2. The smallest absolute Gasteiger partial charge is 0.413 e. The minimum atomic E-state index is -0.914. The molecule has 1 heterocycles. The van der Waals surface area contributed by atoms with Crippen molar-refractivity contribution in [2.24, 2.45) is 0 Å². The summed E-state index contributed by atoms with van der Waals surface area (Å²) in [4.78, 5) is 39.0. The molecule has 164 valence electrons. The zero-order valence-corrected chi connectivity index (χ0v) is 17.9. The Morgan fingerprint density at radius 3 is 2.34 bits per heavy atom. The number of aromatic nitrogens is 1. The van der Waals surface area contributed by atoms with E-state index >= 15 is 0 Å². The molecule has 0 aliphatic heterocycles. The molecule has 1 aliphatic rings. The van der Waals surface area contributed by atoms with Crippen LogP contribution in [-0.2, 0) is 9.53 Å². The highest BCUT2D eigenvalue weighted by molar-refractivity contribution is 7.14. The van der Waals surface area contributed by atoms with Gasteiger partial charge in [-0.2, -0.15) is 0 Å². The van der Waals surface area contributed by atoms with E-state index in [-0.39, 0.29) is 36.3 Å². The lowest BCUT2D eigenvalue weighted by atomic mass is 9.98. The number of aliphatic carboxylic acids is 1. The predicted molar refractivity (Wildman–Crippen MR) is 120 cm³/mol. The van der Waals surface area contributed by atoms with E-state index in [2.05, 4.69) is 27.8 Å². The summed E-state index contributed by atoms with van der Waals surface area (Å²) in [5.41, 5.74) is 4.70. The van der Waals surface area contributed by atoms with E-state index in [1.54, 1.807) is 0 Å². The molecule has 0 saturated heterocycles. The Hall–Kier alpha value is -3.72. The number of carbonyl (C=O) groups is 3. The number of fused-ring (bicyclic) bond motifs is 3. The lowest BCUT2D eigenvalue weighted by Crippen LogP contribution is -2.25. The zero-order valence-electron chi connectivity index (χ0n) is 17.0. The molecule has 2 amide bonds. The maximum absolute atomic E-state index is 12.3. The Labute approximate surface area is 188 Å². The van der Waals surface area contributed by atoms with Crippen molar-refractivity contribution in [3.8, 4) is 11.1 Å². The molecule has 3 aromatic rings. The van der Waals surface area contributed by atoms with Gasteiger partial charge < -0.3 is 15.2 Å². The van der Waals surface area contributed by atoms with Gasteiger partial charge in [-0.15, -0.1) is 11.3 Å². The fraction of sp³-hybridized carbons (Fsp3) is 0.217. The Morgan fingerprint density at radius 1 is 1.03 bits per heavy atom. The number of ether oxygens (including phenoxy) is 1. The first kappa shape index (κ1) is 21.5. The molecule has 2 aromatic carbocycles. The number of carboxylic acid groups (broad SMARTS) is 1. The highest BCUT2D eigenvalue weighted by atomic mass is 32.1. The van der Waals surface area contributed by atoms with Gasteiger partial charge >= 0.3 is 12.1 Å². The van der Waals surface area contributed by atoms with Gasteiger partial charge in [0.05, 0.1) is 0 Å². The van der Waals surface area contributed by atoms with Gasteiger partial charge in [0.2, 0.25) is 0 Å². The molecule has 4 rings (SSSR count). The fourth-order valence-corrected chi connectivity index (χ4v) is 4.37. The van der Waals surface area contributed by atoms with Crippen LogP contribution in [0.5, 0.6) is 0 Å². The van der Waals surface area contributed by atoms with Gasteiger partial charge in [-0.25, -0.2) is 9.78 Å². The second-order valence-electron chi connectivity index (χ2n) is 7.24. The SMILES string of the molecule is O=C(O)CCCNC(=O)c1csc(NC(=O)OCC2c3ccccc3-c3ccccc32)n1. The summed E-state index contributed by atoms with van der Waals surface area (Å²) in [6.45, 7) is 0.417. The lowest BCUT2D eigenvalue weighted by molar-refractivity contribution is -0.137. The van der Waals surface area contributed by atoms with E-state index in [1.165, 1.54) is 5.38 Å². The molecule has 0 radical (unpaired) electrons.